The van der Waals surface area contributed by atoms with Gasteiger partial charge >= 0.3 is 0 Å². The number of fused-ring (bicyclic) bond motifs is 9. The van der Waals surface area contributed by atoms with E-state index in [1.54, 1.807) is 0 Å². The summed E-state index contributed by atoms with van der Waals surface area (Å²) in [6.07, 6.45) is 22.6. The van der Waals surface area contributed by atoms with Gasteiger partial charge in [-0.05, 0) is 88.9 Å². The molecule has 1 aliphatic heterocycles. The second-order valence-electron chi connectivity index (χ2n) is 19.2. The predicted octanol–water partition coefficient (Wildman–Crippen LogP) is 16.7. The third-order valence-electron chi connectivity index (χ3n) is 15.0. The van der Waals surface area contributed by atoms with Gasteiger partial charge in [-0.25, -0.2) is 4.52 Å². The summed E-state index contributed by atoms with van der Waals surface area (Å²) in [5.74, 6) is 0.632. The monoisotopic (exact) mass is 896 g/mol. The van der Waals surface area contributed by atoms with Crippen LogP contribution < -0.4 is 4.90 Å². The largest absolute Gasteiger partial charge is 0.329 e. The summed E-state index contributed by atoms with van der Waals surface area (Å²) in [5.41, 5.74) is 23.6. The maximum atomic E-state index is 5.68. The molecule has 4 heteroatoms. The molecule has 0 radical (unpaired) electrons. The van der Waals surface area contributed by atoms with E-state index in [0.29, 0.717) is 5.92 Å². The van der Waals surface area contributed by atoms with Gasteiger partial charge in [-0.2, -0.15) is 5.10 Å². The Kier molecular flexibility index (Phi) is 9.37. The number of pyridine rings is 1. The van der Waals surface area contributed by atoms with Crippen LogP contribution in [0.5, 0.6) is 0 Å². The Hall–Kier alpha value is -8.69. The summed E-state index contributed by atoms with van der Waals surface area (Å²) in [5, 5.41) is 10.6. The van der Waals surface area contributed by atoms with Crippen LogP contribution in [0.15, 0.2) is 236 Å². The maximum absolute atomic E-state index is 5.68. The van der Waals surface area contributed by atoms with Crippen LogP contribution in [0.25, 0.3) is 82.9 Å². The third kappa shape index (κ3) is 6.34. The SMILES string of the molecule is CC1C=CC(c2nn3c(-c4ccccc4)c(C4=CCC(c5cc(N6c7ccccc7C7=C=CC=CC76)cc(-n6c7ccccc7c7ccccc76)c5)C=C4)c4ccccc4c3c2-c2ccccc2)=CC1. The minimum absolute atomic E-state index is 0.0517. The highest BCUT2D eigenvalue weighted by molar-refractivity contribution is 6.13. The van der Waals surface area contributed by atoms with Crippen molar-refractivity contribution in [3.05, 3.63) is 259 Å². The van der Waals surface area contributed by atoms with Gasteiger partial charge in [0.2, 0.25) is 0 Å². The van der Waals surface area contributed by atoms with Gasteiger partial charge in [0.25, 0.3) is 0 Å². The Bertz CT molecular complexity index is 3960. The van der Waals surface area contributed by atoms with Crippen LogP contribution in [0.1, 0.15) is 48.1 Å². The number of aromatic nitrogens is 3. The fraction of sp³-hybridized carbons (Fsp3) is 0.0909. The van der Waals surface area contributed by atoms with E-state index in [1.807, 2.05) is 6.08 Å². The Labute approximate surface area is 407 Å². The van der Waals surface area contributed by atoms with Crippen LogP contribution in [0, 0.1) is 5.92 Å². The van der Waals surface area contributed by atoms with Crippen molar-refractivity contribution in [3.8, 4) is 28.1 Å². The quantitative estimate of drug-likeness (QED) is 0.149. The van der Waals surface area contributed by atoms with Gasteiger partial charge in [0.05, 0.1) is 34.0 Å². The molecule has 4 nitrogen and oxygen atoms in total. The maximum Gasteiger partial charge on any atom is 0.101 e. The molecule has 3 atom stereocenters. The molecule has 14 rings (SSSR count). The summed E-state index contributed by atoms with van der Waals surface area (Å²) in [4.78, 5) is 2.52. The van der Waals surface area contributed by atoms with Crippen molar-refractivity contribution < 1.29 is 0 Å². The molecule has 3 aliphatic carbocycles. The first kappa shape index (κ1) is 40.4. The van der Waals surface area contributed by atoms with Gasteiger partial charge < -0.3 is 9.47 Å². The van der Waals surface area contributed by atoms with Gasteiger partial charge in [0.15, 0.2) is 0 Å². The first-order valence-electron chi connectivity index (χ1n) is 24.7. The number of rotatable bonds is 7. The van der Waals surface area contributed by atoms with Crippen molar-refractivity contribution in [2.45, 2.75) is 31.7 Å². The van der Waals surface area contributed by atoms with Crippen LogP contribution in [-0.2, 0) is 0 Å². The Morgan fingerprint density at radius 2 is 1.20 bits per heavy atom. The zero-order chi connectivity index (χ0) is 46.3. The molecule has 0 spiro atoms. The Morgan fingerprint density at radius 1 is 0.557 bits per heavy atom. The number of hydrogen-bond acceptors (Lipinski definition) is 2. The molecule has 4 heterocycles. The van der Waals surface area contributed by atoms with E-state index in [0.717, 1.165) is 41.0 Å². The molecule has 0 amide bonds. The third-order valence-corrected chi connectivity index (χ3v) is 15.0. The summed E-state index contributed by atoms with van der Waals surface area (Å²) in [7, 11) is 0. The number of anilines is 2. The molecule has 7 aromatic carbocycles. The normalized spacial score (nSPS) is 18.2. The van der Waals surface area contributed by atoms with Crippen LogP contribution in [0.4, 0.5) is 11.4 Å². The minimum atomic E-state index is 0.0517. The Morgan fingerprint density at radius 3 is 1.93 bits per heavy atom. The molecular weight excluding hydrogens is 849 g/mol. The highest BCUT2D eigenvalue weighted by atomic mass is 15.2. The minimum Gasteiger partial charge on any atom is -0.329 e. The van der Waals surface area contributed by atoms with Crippen molar-refractivity contribution in [2.24, 2.45) is 5.92 Å². The molecule has 3 aromatic heterocycles. The second kappa shape index (κ2) is 16.2. The van der Waals surface area contributed by atoms with E-state index >= 15 is 0 Å². The fourth-order valence-electron chi connectivity index (χ4n) is 11.8. The summed E-state index contributed by atoms with van der Waals surface area (Å²) in [6.45, 7) is 2.28. The number of nitrogens with zero attached hydrogens (tertiary/aromatic N) is 4. The van der Waals surface area contributed by atoms with E-state index in [2.05, 4.69) is 251 Å². The average molecular weight is 897 g/mol. The number of benzene rings is 7. The summed E-state index contributed by atoms with van der Waals surface area (Å²) >= 11 is 0. The lowest BCUT2D eigenvalue weighted by atomic mass is 9.84. The smallest absolute Gasteiger partial charge is 0.101 e. The first-order valence-corrected chi connectivity index (χ1v) is 24.7. The molecule has 10 aromatic rings. The van der Waals surface area contributed by atoms with Gasteiger partial charge in [-0.3, -0.25) is 0 Å². The van der Waals surface area contributed by atoms with Gasteiger partial charge in [0.1, 0.15) is 5.69 Å². The summed E-state index contributed by atoms with van der Waals surface area (Å²) in [6, 6.07) is 64.5. The zero-order valence-electron chi connectivity index (χ0n) is 38.9. The Balaban J connectivity index is 0.959. The number of hydrogen-bond donors (Lipinski definition) is 0. The highest BCUT2D eigenvalue weighted by Gasteiger charge is 2.35. The predicted molar refractivity (Wildman–Crippen MR) is 293 cm³/mol. The van der Waals surface area contributed by atoms with Crippen molar-refractivity contribution in [1.29, 1.82) is 0 Å². The zero-order valence-corrected chi connectivity index (χ0v) is 38.9. The summed E-state index contributed by atoms with van der Waals surface area (Å²) < 4.78 is 4.74. The number of para-hydroxylation sites is 3. The first-order chi connectivity index (χ1) is 34.7. The molecule has 0 saturated heterocycles. The van der Waals surface area contributed by atoms with E-state index in [9.17, 15) is 0 Å². The van der Waals surface area contributed by atoms with E-state index < -0.39 is 0 Å². The lowest BCUT2D eigenvalue weighted by Gasteiger charge is -2.29. The fourth-order valence-corrected chi connectivity index (χ4v) is 11.8. The van der Waals surface area contributed by atoms with Crippen LogP contribution in [-0.4, -0.2) is 20.2 Å². The number of allylic oxidation sites excluding steroid dienone is 9. The topological polar surface area (TPSA) is 25.5 Å². The van der Waals surface area contributed by atoms with E-state index in [-0.39, 0.29) is 12.0 Å². The van der Waals surface area contributed by atoms with Crippen LogP contribution >= 0.6 is 0 Å². The molecule has 0 saturated carbocycles. The van der Waals surface area contributed by atoms with Crippen molar-refractivity contribution in [1.82, 2.24) is 14.2 Å². The lowest BCUT2D eigenvalue weighted by Crippen LogP contribution is -2.25. The van der Waals surface area contributed by atoms with Crippen LogP contribution in [0.2, 0.25) is 0 Å². The van der Waals surface area contributed by atoms with Gasteiger partial charge in [-0.1, -0.05) is 195 Å². The van der Waals surface area contributed by atoms with Gasteiger partial charge in [-0.15, -0.1) is 5.73 Å². The van der Waals surface area contributed by atoms with Crippen molar-refractivity contribution in [3.63, 3.8) is 0 Å². The molecule has 70 heavy (non-hydrogen) atoms. The highest BCUT2D eigenvalue weighted by Crippen LogP contribution is 2.49. The standard InChI is InChI=1S/C66H48N4/c1-43-32-34-47(35-33-43)64-63(45-18-4-2-5-19-45)66-57-27-9-8-26-56(57)62(65(70(66)67-64)48-20-6-3-7-21-48)46-38-36-44(37-39-46)49-40-50(68-58-28-14-10-22-52(58)53-23-11-15-29-59(53)68)42-51(41-49)69-60-30-16-12-24-54(60)55-25-13-17-31-61(55)69/h2-24,26-32,34-36,38-44,61H,33,37H2,1H3. The van der Waals surface area contributed by atoms with Gasteiger partial charge in [0, 0.05) is 61.3 Å². The molecule has 3 unspecified atom stereocenters. The average Bonchev–Trinajstić information content (AvgIpc) is 4.10. The molecule has 0 N–H and O–H groups in total. The molecule has 332 valence electrons. The lowest BCUT2D eigenvalue weighted by molar-refractivity contribution is 0.738. The van der Waals surface area contributed by atoms with Crippen molar-refractivity contribution >= 4 is 66.2 Å². The molecular formula is C66H48N4. The van der Waals surface area contributed by atoms with Crippen LogP contribution in [0.3, 0.4) is 0 Å². The second-order valence-corrected chi connectivity index (χ2v) is 19.2. The van der Waals surface area contributed by atoms with Crippen molar-refractivity contribution in [2.75, 3.05) is 4.90 Å². The van der Waals surface area contributed by atoms with E-state index in [4.69, 9.17) is 5.10 Å². The molecule has 0 fully saturated rings. The molecule has 0 bridgehead atoms. The van der Waals surface area contributed by atoms with E-state index in [1.165, 1.54) is 88.5 Å². The molecule has 4 aliphatic rings.